The molecule has 20 heavy (non-hydrogen) atoms. The molecule has 3 unspecified atom stereocenters. The summed E-state index contributed by atoms with van der Waals surface area (Å²) in [5.74, 6) is 1.71. The molecule has 0 aliphatic heterocycles. The smallest absolute Gasteiger partial charge is 0.0366 e. The van der Waals surface area contributed by atoms with E-state index in [9.17, 15) is 0 Å². The fraction of sp³-hybridized carbons (Fsp3) is 0.722. The molecule has 1 aromatic rings. The van der Waals surface area contributed by atoms with Gasteiger partial charge in [-0.15, -0.1) is 0 Å². The van der Waals surface area contributed by atoms with Crippen LogP contribution in [0.3, 0.4) is 0 Å². The van der Waals surface area contributed by atoms with Gasteiger partial charge in [-0.3, -0.25) is 4.98 Å². The van der Waals surface area contributed by atoms with Crippen LogP contribution in [0.4, 0.5) is 0 Å². The largest absolute Gasteiger partial charge is 0.310 e. The highest BCUT2D eigenvalue weighted by atomic mass is 14.9. The van der Waals surface area contributed by atoms with E-state index in [0.29, 0.717) is 6.04 Å². The molecule has 1 aliphatic rings. The van der Waals surface area contributed by atoms with Crippen molar-refractivity contribution in [3.05, 3.63) is 29.6 Å². The summed E-state index contributed by atoms with van der Waals surface area (Å²) in [5, 5.41) is 3.80. The van der Waals surface area contributed by atoms with E-state index in [1.165, 1.54) is 49.7 Å². The summed E-state index contributed by atoms with van der Waals surface area (Å²) < 4.78 is 0. The Kier molecular flexibility index (Phi) is 6.03. The van der Waals surface area contributed by atoms with E-state index in [2.05, 4.69) is 43.3 Å². The number of hydrogen-bond donors (Lipinski definition) is 1. The van der Waals surface area contributed by atoms with E-state index in [4.69, 9.17) is 0 Å². The Morgan fingerprint density at radius 2 is 2.20 bits per heavy atom. The molecule has 2 rings (SSSR count). The third-order valence-corrected chi connectivity index (χ3v) is 4.90. The Hall–Kier alpha value is -0.890. The van der Waals surface area contributed by atoms with Crippen LogP contribution in [0.2, 0.25) is 0 Å². The molecule has 1 aromatic heterocycles. The number of rotatable bonds is 6. The predicted molar refractivity (Wildman–Crippen MR) is 85.7 cm³/mol. The summed E-state index contributed by atoms with van der Waals surface area (Å²) in [4.78, 5) is 4.37. The molecule has 0 saturated heterocycles. The van der Waals surface area contributed by atoms with Gasteiger partial charge in [0.15, 0.2) is 0 Å². The molecule has 0 aromatic carbocycles. The van der Waals surface area contributed by atoms with E-state index >= 15 is 0 Å². The van der Waals surface area contributed by atoms with Crippen molar-refractivity contribution >= 4 is 0 Å². The van der Waals surface area contributed by atoms with Gasteiger partial charge in [0.25, 0.3) is 0 Å². The molecule has 112 valence electrons. The summed E-state index contributed by atoms with van der Waals surface area (Å²) in [7, 11) is 0. The molecule has 1 N–H and O–H groups in total. The van der Waals surface area contributed by atoms with Crippen molar-refractivity contribution < 1.29 is 0 Å². The van der Waals surface area contributed by atoms with Crippen LogP contribution in [0.1, 0.15) is 69.5 Å². The minimum Gasteiger partial charge on any atom is -0.310 e. The molecular weight excluding hydrogens is 244 g/mol. The predicted octanol–water partition coefficient (Wildman–Crippen LogP) is 4.65. The highest BCUT2D eigenvalue weighted by molar-refractivity contribution is 5.26. The number of nitrogens with one attached hydrogen (secondary N) is 1. The number of hydrogen-bond acceptors (Lipinski definition) is 2. The second-order valence-electron chi connectivity index (χ2n) is 6.37. The molecule has 2 heteroatoms. The van der Waals surface area contributed by atoms with Crippen LogP contribution < -0.4 is 5.32 Å². The summed E-state index contributed by atoms with van der Waals surface area (Å²) in [6, 6.07) is 2.65. The average molecular weight is 274 g/mol. The zero-order valence-corrected chi connectivity index (χ0v) is 13.4. The number of aryl methyl sites for hydroxylation is 1. The first-order chi connectivity index (χ1) is 9.76. The molecule has 1 fully saturated rings. The summed E-state index contributed by atoms with van der Waals surface area (Å²) >= 11 is 0. The van der Waals surface area contributed by atoms with Gasteiger partial charge in [0.2, 0.25) is 0 Å². The van der Waals surface area contributed by atoms with Crippen LogP contribution in [0.15, 0.2) is 18.5 Å². The van der Waals surface area contributed by atoms with Gasteiger partial charge in [0.05, 0.1) is 0 Å². The topological polar surface area (TPSA) is 24.9 Å². The molecular formula is C18H30N2. The third-order valence-electron chi connectivity index (χ3n) is 4.90. The quantitative estimate of drug-likeness (QED) is 0.817. The van der Waals surface area contributed by atoms with Crippen molar-refractivity contribution in [2.45, 2.75) is 65.3 Å². The van der Waals surface area contributed by atoms with Crippen LogP contribution >= 0.6 is 0 Å². The zero-order chi connectivity index (χ0) is 14.4. The molecule has 1 saturated carbocycles. The van der Waals surface area contributed by atoms with Crippen LogP contribution in [0.5, 0.6) is 0 Å². The minimum absolute atomic E-state index is 0.498. The van der Waals surface area contributed by atoms with E-state index in [1.54, 1.807) is 0 Å². The molecule has 3 atom stereocenters. The lowest BCUT2D eigenvalue weighted by Crippen LogP contribution is -2.32. The van der Waals surface area contributed by atoms with Crippen molar-refractivity contribution in [2.24, 2.45) is 11.8 Å². The maximum atomic E-state index is 4.37. The molecule has 0 bridgehead atoms. The normalized spacial score (nSPS) is 24.6. The lowest BCUT2D eigenvalue weighted by molar-refractivity contribution is 0.209. The maximum Gasteiger partial charge on any atom is 0.0366 e. The highest BCUT2D eigenvalue weighted by Crippen LogP contribution is 2.39. The van der Waals surface area contributed by atoms with Crippen molar-refractivity contribution in [1.29, 1.82) is 0 Å². The van der Waals surface area contributed by atoms with E-state index in [-0.39, 0.29) is 0 Å². The third kappa shape index (κ3) is 3.82. The van der Waals surface area contributed by atoms with Crippen molar-refractivity contribution in [3.63, 3.8) is 0 Å². The molecule has 2 nitrogen and oxygen atoms in total. The van der Waals surface area contributed by atoms with E-state index in [0.717, 1.165) is 18.4 Å². The van der Waals surface area contributed by atoms with Crippen LogP contribution in [0.25, 0.3) is 0 Å². The van der Waals surface area contributed by atoms with E-state index in [1.807, 2.05) is 6.20 Å². The number of nitrogens with zero attached hydrogens (tertiary/aromatic N) is 1. The summed E-state index contributed by atoms with van der Waals surface area (Å²) in [5.41, 5.74) is 2.80. The maximum absolute atomic E-state index is 4.37. The van der Waals surface area contributed by atoms with Gasteiger partial charge in [-0.05, 0) is 61.8 Å². The Morgan fingerprint density at radius 1 is 1.35 bits per heavy atom. The van der Waals surface area contributed by atoms with Crippen LogP contribution in [0, 0.1) is 18.8 Å². The van der Waals surface area contributed by atoms with Crippen molar-refractivity contribution in [1.82, 2.24) is 10.3 Å². The van der Waals surface area contributed by atoms with Crippen molar-refractivity contribution in [2.75, 3.05) is 6.54 Å². The number of pyridine rings is 1. The monoisotopic (exact) mass is 274 g/mol. The van der Waals surface area contributed by atoms with Gasteiger partial charge in [-0.25, -0.2) is 0 Å². The first-order valence-electron chi connectivity index (χ1n) is 8.40. The lowest BCUT2D eigenvalue weighted by Gasteiger charge is -2.35. The molecule has 0 amide bonds. The minimum atomic E-state index is 0.498. The molecule has 1 aliphatic carbocycles. The summed E-state index contributed by atoms with van der Waals surface area (Å²) in [6.45, 7) is 7.91. The Labute approximate surface area is 124 Å². The fourth-order valence-electron chi connectivity index (χ4n) is 3.64. The standard InChI is InChI=1S/C18H30N2/c1-4-10-20-18(17-13-19-11-9-14(17)3)16-8-6-7-15(5-2)12-16/h9,11,13,15-16,18,20H,4-8,10,12H2,1-3H3. The van der Waals surface area contributed by atoms with Crippen LogP contribution in [-0.4, -0.2) is 11.5 Å². The van der Waals surface area contributed by atoms with Gasteiger partial charge in [-0.2, -0.15) is 0 Å². The lowest BCUT2D eigenvalue weighted by atomic mass is 9.75. The van der Waals surface area contributed by atoms with Gasteiger partial charge in [0, 0.05) is 18.4 Å². The molecule has 0 spiro atoms. The number of aromatic nitrogens is 1. The molecule has 1 heterocycles. The van der Waals surface area contributed by atoms with Gasteiger partial charge in [-0.1, -0.05) is 33.1 Å². The zero-order valence-electron chi connectivity index (χ0n) is 13.4. The Morgan fingerprint density at radius 3 is 2.90 bits per heavy atom. The molecule has 0 radical (unpaired) electrons. The van der Waals surface area contributed by atoms with Crippen molar-refractivity contribution in [3.8, 4) is 0 Å². The Balaban J connectivity index is 2.16. The SMILES string of the molecule is CCCNC(c1cnccc1C)C1CCCC(CC)C1. The van der Waals surface area contributed by atoms with Crippen LogP contribution in [-0.2, 0) is 0 Å². The average Bonchev–Trinajstić information content (AvgIpc) is 2.49. The van der Waals surface area contributed by atoms with Gasteiger partial charge < -0.3 is 5.32 Å². The van der Waals surface area contributed by atoms with Gasteiger partial charge in [0.1, 0.15) is 0 Å². The summed E-state index contributed by atoms with van der Waals surface area (Å²) in [6.07, 6.45) is 12.1. The second-order valence-corrected chi connectivity index (χ2v) is 6.37. The highest BCUT2D eigenvalue weighted by Gasteiger charge is 2.29. The second kappa shape index (κ2) is 7.78. The Bertz CT molecular complexity index is 402. The first-order valence-corrected chi connectivity index (χ1v) is 8.40. The fourth-order valence-corrected chi connectivity index (χ4v) is 3.64. The first kappa shape index (κ1) is 15.5. The van der Waals surface area contributed by atoms with Gasteiger partial charge >= 0.3 is 0 Å². The van der Waals surface area contributed by atoms with E-state index < -0.39 is 0 Å².